The van der Waals surface area contributed by atoms with Crippen LogP contribution in [0.3, 0.4) is 0 Å². The van der Waals surface area contributed by atoms with Crippen LogP contribution in [0.4, 0.5) is 0 Å². The van der Waals surface area contributed by atoms with E-state index in [0.717, 1.165) is 23.7 Å². The first-order valence-corrected chi connectivity index (χ1v) is 8.29. The van der Waals surface area contributed by atoms with Crippen molar-refractivity contribution in [2.24, 2.45) is 0 Å². The molecule has 3 nitrogen and oxygen atoms in total. The predicted molar refractivity (Wildman–Crippen MR) is 75.9 cm³/mol. The lowest BCUT2D eigenvalue weighted by Gasteiger charge is -2.07. The topological polar surface area (TPSA) is 46.2 Å². The van der Waals surface area contributed by atoms with E-state index in [0.29, 0.717) is 11.4 Å². The molecule has 1 aliphatic rings. The molecule has 1 aromatic rings. The largest absolute Gasteiger partial charge is 0.240 e. The maximum Gasteiger partial charge on any atom is 0.240 e. The Kier molecular flexibility index (Phi) is 4.59. The first kappa shape index (κ1) is 13.8. The number of nitrogens with one attached hydrogen (secondary N) is 1. The number of benzene rings is 1. The average molecular weight is 330 g/mol. The Labute approximate surface area is 116 Å². The van der Waals surface area contributed by atoms with E-state index in [-0.39, 0.29) is 0 Å². The van der Waals surface area contributed by atoms with Gasteiger partial charge in [-0.2, -0.15) is 0 Å². The summed E-state index contributed by atoms with van der Waals surface area (Å²) >= 11 is 3.29. The molecule has 18 heavy (non-hydrogen) atoms. The average Bonchev–Trinajstić information content (AvgIpc) is 2.82. The van der Waals surface area contributed by atoms with Gasteiger partial charge < -0.3 is 0 Å². The number of rotatable bonds is 5. The highest BCUT2D eigenvalue weighted by Crippen LogP contribution is 2.20. The zero-order valence-corrected chi connectivity index (χ0v) is 12.4. The Hall–Kier alpha value is -0.650. The summed E-state index contributed by atoms with van der Waals surface area (Å²) in [6, 6.07) is 6.66. The van der Waals surface area contributed by atoms with E-state index in [2.05, 4.69) is 26.7 Å². The second-order valence-corrected chi connectivity index (χ2v) is 7.04. The monoisotopic (exact) mass is 329 g/mol. The molecule has 98 valence electrons. The van der Waals surface area contributed by atoms with Crippen LogP contribution in [-0.4, -0.2) is 15.0 Å². The van der Waals surface area contributed by atoms with E-state index in [4.69, 9.17) is 0 Å². The molecule has 1 aromatic carbocycles. The molecule has 0 aromatic heterocycles. The lowest BCUT2D eigenvalue weighted by atomic mass is 10.2. The van der Waals surface area contributed by atoms with E-state index < -0.39 is 10.0 Å². The highest BCUT2D eigenvalue weighted by Gasteiger charge is 2.13. The van der Waals surface area contributed by atoms with Crippen molar-refractivity contribution >= 4 is 26.0 Å². The minimum atomic E-state index is -3.37. The number of hydrogen-bond donors (Lipinski definition) is 1. The molecule has 5 heteroatoms. The fraction of sp³-hybridized carbons (Fsp3) is 0.385. The van der Waals surface area contributed by atoms with Crippen molar-refractivity contribution in [2.45, 2.75) is 30.6 Å². The molecule has 0 bridgehead atoms. The summed E-state index contributed by atoms with van der Waals surface area (Å²) in [6.45, 7) is 0.476. The van der Waals surface area contributed by atoms with E-state index >= 15 is 0 Å². The maximum absolute atomic E-state index is 12.0. The third-order valence-electron chi connectivity index (χ3n) is 3.00. The molecule has 0 aliphatic heterocycles. The number of halogens is 1. The van der Waals surface area contributed by atoms with Gasteiger partial charge in [-0.05, 0) is 49.9 Å². The Balaban J connectivity index is 1.92. The van der Waals surface area contributed by atoms with Crippen LogP contribution in [0.15, 0.2) is 45.3 Å². The molecule has 0 saturated carbocycles. The third kappa shape index (κ3) is 3.67. The van der Waals surface area contributed by atoms with Crippen molar-refractivity contribution in [1.29, 1.82) is 0 Å². The van der Waals surface area contributed by atoms with Crippen molar-refractivity contribution in [3.05, 3.63) is 40.4 Å². The highest BCUT2D eigenvalue weighted by atomic mass is 79.9. The first-order chi connectivity index (χ1) is 8.58. The van der Waals surface area contributed by atoms with Crippen LogP contribution in [-0.2, 0) is 10.0 Å². The summed E-state index contributed by atoms with van der Waals surface area (Å²) in [6.07, 6.45) is 6.48. The highest BCUT2D eigenvalue weighted by molar-refractivity contribution is 9.10. The summed E-state index contributed by atoms with van der Waals surface area (Å²) in [5.41, 5.74) is 1.37. The standard InChI is InChI=1S/C13H16BrNO2S/c14-12-5-7-13(8-6-12)18(16,17)15-10-9-11-3-1-2-4-11/h3,5-8,15H,1-2,4,9-10H2. The Bertz CT molecular complexity index is 535. The lowest BCUT2D eigenvalue weighted by molar-refractivity contribution is 0.581. The minimum Gasteiger partial charge on any atom is -0.211 e. The van der Waals surface area contributed by atoms with Crippen LogP contribution in [0, 0.1) is 0 Å². The van der Waals surface area contributed by atoms with Gasteiger partial charge in [0, 0.05) is 11.0 Å². The molecule has 0 spiro atoms. The molecule has 0 saturated heterocycles. The van der Waals surface area contributed by atoms with Crippen molar-refractivity contribution in [2.75, 3.05) is 6.54 Å². The second-order valence-electron chi connectivity index (χ2n) is 4.36. The molecule has 0 heterocycles. The summed E-state index contributed by atoms with van der Waals surface area (Å²) in [5.74, 6) is 0. The maximum atomic E-state index is 12.0. The normalized spacial score (nSPS) is 15.7. The van der Waals surface area contributed by atoms with Gasteiger partial charge in [-0.15, -0.1) is 0 Å². The predicted octanol–water partition coefficient (Wildman–Crippen LogP) is 3.23. The summed E-state index contributed by atoms with van der Waals surface area (Å²) in [7, 11) is -3.37. The summed E-state index contributed by atoms with van der Waals surface area (Å²) in [4.78, 5) is 0.311. The summed E-state index contributed by atoms with van der Waals surface area (Å²) in [5, 5.41) is 0. The quantitative estimate of drug-likeness (QED) is 0.843. The third-order valence-corrected chi connectivity index (χ3v) is 5.00. The lowest BCUT2D eigenvalue weighted by Crippen LogP contribution is -2.24. The van der Waals surface area contributed by atoms with E-state index in [1.807, 2.05) is 0 Å². The number of sulfonamides is 1. The zero-order chi connectivity index (χ0) is 13.0. The van der Waals surface area contributed by atoms with Crippen molar-refractivity contribution in [3.8, 4) is 0 Å². The van der Waals surface area contributed by atoms with Crippen LogP contribution < -0.4 is 4.72 Å². The second kappa shape index (κ2) is 5.99. The molecule has 2 rings (SSSR count). The molecule has 0 amide bonds. The van der Waals surface area contributed by atoms with E-state index in [9.17, 15) is 8.42 Å². The number of allylic oxidation sites excluding steroid dienone is 1. The van der Waals surface area contributed by atoms with Crippen LogP contribution >= 0.6 is 15.9 Å². The molecular weight excluding hydrogens is 314 g/mol. The van der Waals surface area contributed by atoms with Crippen molar-refractivity contribution < 1.29 is 8.42 Å². The van der Waals surface area contributed by atoms with Crippen LogP contribution in [0.1, 0.15) is 25.7 Å². The van der Waals surface area contributed by atoms with Crippen molar-refractivity contribution in [1.82, 2.24) is 4.72 Å². The van der Waals surface area contributed by atoms with Gasteiger partial charge in [0.05, 0.1) is 4.90 Å². The van der Waals surface area contributed by atoms with Gasteiger partial charge >= 0.3 is 0 Å². The van der Waals surface area contributed by atoms with Gasteiger partial charge in [-0.3, -0.25) is 0 Å². The number of hydrogen-bond acceptors (Lipinski definition) is 2. The van der Waals surface area contributed by atoms with Crippen LogP contribution in [0.2, 0.25) is 0 Å². The Morgan fingerprint density at radius 2 is 1.94 bits per heavy atom. The SMILES string of the molecule is O=S(=O)(NCCC1=CCCC1)c1ccc(Br)cc1. The molecular formula is C13H16BrNO2S. The van der Waals surface area contributed by atoms with Gasteiger partial charge in [0.15, 0.2) is 0 Å². The molecule has 0 unspecified atom stereocenters. The molecule has 0 atom stereocenters. The summed E-state index contributed by atoms with van der Waals surface area (Å²) < 4.78 is 27.5. The fourth-order valence-corrected chi connectivity index (χ4v) is 3.30. The molecule has 0 radical (unpaired) electrons. The molecule has 1 N–H and O–H groups in total. The van der Waals surface area contributed by atoms with Crippen molar-refractivity contribution in [3.63, 3.8) is 0 Å². The minimum absolute atomic E-state index is 0.311. The Morgan fingerprint density at radius 1 is 1.22 bits per heavy atom. The van der Waals surface area contributed by atoms with Crippen LogP contribution in [0.25, 0.3) is 0 Å². The molecule has 1 aliphatic carbocycles. The van der Waals surface area contributed by atoms with Gasteiger partial charge in [-0.1, -0.05) is 27.6 Å². The van der Waals surface area contributed by atoms with Gasteiger partial charge in [0.25, 0.3) is 0 Å². The first-order valence-electron chi connectivity index (χ1n) is 6.01. The van der Waals surface area contributed by atoms with Crippen LogP contribution in [0.5, 0.6) is 0 Å². The molecule has 0 fully saturated rings. The van der Waals surface area contributed by atoms with Gasteiger partial charge in [0.1, 0.15) is 0 Å². The van der Waals surface area contributed by atoms with E-state index in [1.165, 1.54) is 12.0 Å². The smallest absolute Gasteiger partial charge is 0.211 e. The zero-order valence-electron chi connectivity index (χ0n) is 10.0. The van der Waals surface area contributed by atoms with Gasteiger partial charge in [-0.25, -0.2) is 13.1 Å². The fourth-order valence-electron chi connectivity index (χ4n) is 2.01. The van der Waals surface area contributed by atoms with Gasteiger partial charge in [0.2, 0.25) is 10.0 Å². The van der Waals surface area contributed by atoms with E-state index in [1.54, 1.807) is 24.3 Å². The Morgan fingerprint density at radius 3 is 2.56 bits per heavy atom.